The van der Waals surface area contributed by atoms with Crippen molar-refractivity contribution in [3.8, 4) is 0 Å². The topological polar surface area (TPSA) is 41.1 Å². The van der Waals surface area contributed by atoms with Crippen LogP contribution in [0.5, 0.6) is 0 Å². The first-order valence-electron chi connectivity index (χ1n) is 7.36. The third-order valence-corrected chi connectivity index (χ3v) is 4.51. The maximum absolute atomic E-state index is 12.4. The van der Waals surface area contributed by atoms with E-state index in [1.807, 2.05) is 18.2 Å². The number of hydrogen-bond donors (Lipinski definition) is 2. The fraction of sp³-hybridized carbons (Fsp3) is 0.562. The van der Waals surface area contributed by atoms with E-state index in [0.29, 0.717) is 0 Å². The van der Waals surface area contributed by atoms with Crippen molar-refractivity contribution in [1.29, 1.82) is 0 Å². The molecule has 3 heteroatoms. The summed E-state index contributed by atoms with van der Waals surface area (Å²) < 4.78 is 0. The zero-order valence-corrected chi connectivity index (χ0v) is 11.3. The van der Waals surface area contributed by atoms with Crippen molar-refractivity contribution in [2.24, 2.45) is 5.92 Å². The highest BCUT2D eigenvalue weighted by Gasteiger charge is 2.50. The molecule has 19 heavy (non-hydrogen) atoms. The summed E-state index contributed by atoms with van der Waals surface area (Å²) in [5.41, 5.74) is 0.963. The quantitative estimate of drug-likeness (QED) is 0.846. The standard InChI is InChI=1S/C16H22N2O/c19-15(18-11-7-13-6-10-17-12-13)16(8-9-16)14-4-2-1-3-5-14/h1-5,13,17H,6-12H2,(H,18,19). The molecular formula is C16H22N2O. The summed E-state index contributed by atoms with van der Waals surface area (Å²) in [5, 5.41) is 6.51. The van der Waals surface area contributed by atoms with Crippen LogP contribution in [0.2, 0.25) is 0 Å². The Balaban J connectivity index is 1.52. The highest BCUT2D eigenvalue weighted by atomic mass is 16.2. The van der Waals surface area contributed by atoms with Crippen molar-refractivity contribution in [2.75, 3.05) is 19.6 Å². The van der Waals surface area contributed by atoms with Gasteiger partial charge in [-0.05, 0) is 50.3 Å². The fourth-order valence-electron chi connectivity index (χ4n) is 3.05. The Labute approximate surface area is 114 Å². The summed E-state index contributed by atoms with van der Waals surface area (Å²) in [4.78, 5) is 12.4. The average molecular weight is 258 g/mol. The lowest BCUT2D eigenvalue weighted by Crippen LogP contribution is -2.36. The molecule has 1 unspecified atom stereocenters. The molecule has 2 fully saturated rings. The Morgan fingerprint density at radius 2 is 2.11 bits per heavy atom. The molecule has 1 aromatic carbocycles. The van der Waals surface area contributed by atoms with Crippen molar-refractivity contribution >= 4 is 5.91 Å². The molecule has 102 valence electrons. The van der Waals surface area contributed by atoms with Crippen LogP contribution in [-0.2, 0) is 10.2 Å². The van der Waals surface area contributed by atoms with Gasteiger partial charge in [0.2, 0.25) is 5.91 Å². The lowest BCUT2D eigenvalue weighted by Gasteiger charge is -2.16. The third-order valence-electron chi connectivity index (χ3n) is 4.51. The van der Waals surface area contributed by atoms with E-state index in [9.17, 15) is 4.79 Å². The summed E-state index contributed by atoms with van der Waals surface area (Å²) in [7, 11) is 0. The van der Waals surface area contributed by atoms with Gasteiger partial charge in [-0.15, -0.1) is 0 Å². The Kier molecular flexibility index (Phi) is 3.56. The minimum Gasteiger partial charge on any atom is -0.355 e. The lowest BCUT2D eigenvalue weighted by molar-refractivity contribution is -0.123. The van der Waals surface area contributed by atoms with Gasteiger partial charge in [-0.1, -0.05) is 30.3 Å². The van der Waals surface area contributed by atoms with Gasteiger partial charge >= 0.3 is 0 Å². The Morgan fingerprint density at radius 1 is 1.32 bits per heavy atom. The predicted molar refractivity (Wildman–Crippen MR) is 76.0 cm³/mol. The second-order valence-electron chi connectivity index (χ2n) is 5.85. The molecule has 1 aliphatic carbocycles. The molecule has 1 amide bonds. The Morgan fingerprint density at radius 3 is 2.74 bits per heavy atom. The molecule has 3 nitrogen and oxygen atoms in total. The summed E-state index contributed by atoms with van der Waals surface area (Å²) in [6.45, 7) is 3.06. The van der Waals surface area contributed by atoms with Gasteiger partial charge in [0.1, 0.15) is 0 Å². The number of hydrogen-bond acceptors (Lipinski definition) is 2. The first kappa shape index (κ1) is 12.7. The molecule has 0 aromatic heterocycles. The Bertz CT molecular complexity index is 433. The van der Waals surface area contributed by atoms with E-state index in [0.717, 1.165) is 44.8 Å². The van der Waals surface area contributed by atoms with Crippen LogP contribution in [0.3, 0.4) is 0 Å². The van der Waals surface area contributed by atoms with Crippen molar-refractivity contribution in [2.45, 2.75) is 31.1 Å². The summed E-state index contributed by atoms with van der Waals surface area (Å²) in [5.74, 6) is 0.969. The third kappa shape index (κ3) is 2.66. The smallest absolute Gasteiger partial charge is 0.230 e. The molecular weight excluding hydrogens is 236 g/mol. The molecule has 0 spiro atoms. The van der Waals surface area contributed by atoms with Crippen LogP contribution in [0.15, 0.2) is 30.3 Å². The number of nitrogens with one attached hydrogen (secondary N) is 2. The first-order chi connectivity index (χ1) is 9.31. The molecule has 3 rings (SSSR count). The molecule has 0 radical (unpaired) electrons. The summed E-state index contributed by atoms with van der Waals surface area (Å²) in [6, 6.07) is 10.2. The van der Waals surface area contributed by atoms with Gasteiger partial charge in [-0.2, -0.15) is 0 Å². The van der Waals surface area contributed by atoms with E-state index in [-0.39, 0.29) is 11.3 Å². The van der Waals surface area contributed by atoms with E-state index in [1.165, 1.54) is 12.0 Å². The molecule has 1 atom stereocenters. The molecule has 1 saturated heterocycles. The highest BCUT2D eigenvalue weighted by molar-refractivity contribution is 5.91. The molecule has 1 saturated carbocycles. The lowest BCUT2D eigenvalue weighted by atomic mass is 9.95. The summed E-state index contributed by atoms with van der Waals surface area (Å²) >= 11 is 0. The molecule has 1 heterocycles. The Hall–Kier alpha value is -1.35. The van der Waals surface area contributed by atoms with Gasteiger partial charge in [0.15, 0.2) is 0 Å². The average Bonchev–Trinajstić information content (AvgIpc) is 3.11. The fourth-order valence-corrected chi connectivity index (χ4v) is 3.05. The minimum absolute atomic E-state index is 0.213. The number of carbonyl (C=O) groups is 1. The van der Waals surface area contributed by atoms with Crippen molar-refractivity contribution in [1.82, 2.24) is 10.6 Å². The highest BCUT2D eigenvalue weighted by Crippen LogP contribution is 2.48. The van der Waals surface area contributed by atoms with Crippen LogP contribution in [0.25, 0.3) is 0 Å². The van der Waals surface area contributed by atoms with Crippen LogP contribution in [-0.4, -0.2) is 25.5 Å². The summed E-state index contributed by atoms with van der Waals surface area (Å²) in [6.07, 6.45) is 4.34. The molecule has 2 N–H and O–H groups in total. The zero-order valence-electron chi connectivity index (χ0n) is 11.3. The SMILES string of the molecule is O=C(NCCC1CCNC1)C1(c2ccccc2)CC1. The van der Waals surface area contributed by atoms with Crippen molar-refractivity contribution < 1.29 is 4.79 Å². The predicted octanol–water partition coefficient (Wildman–Crippen LogP) is 1.83. The van der Waals surface area contributed by atoms with Gasteiger partial charge in [0, 0.05) is 6.54 Å². The van der Waals surface area contributed by atoms with Gasteiger partial charge < -0.3 is 10.6 Å². The molecule has 0 bridgehead atoms. The van der Waals surface area contributed by atoms with Gasteiger partial charge in [-0.25, -0.2) is 0 Å². The van der Waals surface area contributed by atoms with E-state index in [4.69, 9.17) is 0 Å². The monoisotopic (exact) mass is 258 g/mol. The van der Waals surface area contributed by atoms with Gasteiger partial charge in [-0.3, -0.25) is 4.79 Å². The van der Waals surface area contributed by atoms with Gasteiger partial charge in [0.25, 0.3) is 0 Å². The minimum atomic E-state index is -0.213. The van der Waals surface area contributed by atoms with Crippen molar-refractivity contribution in [3.63, 3.8) is 0 Å². The molecule has 1 aromatic rings. The first-order valence-corrected chi connectivity index (χ1v) is 7.36. The van der Waals surface area contributed by atoms with Crippen LogP contribution in [0.1, 0.15) is 31.2 Å². The van der Waals surface area contributed by atoms with Gasteiger partial charge in [0.05, 0.1) is 5.41 Å². The second-order valence-corrected chi connectivity index (χ2v) is 5.85. The number of carbonyl (C=O) groups excluding carboxylic acids is 1. The largest absolute Gasteiger partial charge is 0.355 e. The second kappa shape index (κ2) is 5.33. The normalized spacial score (nSPS) is 24.1. The number of benzene rings is 1. The number of amides is 1. The molecule has 2 aliphatic rings. The van der Waals surface area contributed by atoms with E-state index >= 15 is 0 Å². The van der Waals surface area contributed by atoms with Crippen molar-refractivity contribution in [3.05, 3.63) is 35.9 Å². The van der Waals surface area contributed by atoms with E-state index in [2.05, 4.69) is 22.8 Å². The molecule has 1 aliphatic heterocycles. The maximum atomic E-state index is 12.4. The maximum Gasteiger partial charge on any atom is 0.230 e. The van der Waals surface area contributed by atoms with E-state index < -0.39 is 0 Å². The van der Waals surface area contributed by atoms with Crippen LogP contribution < -0.4 is 10.6 Å². The van der Waals surface area contributed by atoms with Crippen LogP contribution >= 0.6 is 0 Å². The zero-order chi connectivity index (χ0) is 13.1. The van der Waals surface area contributed by atoms with E-state index in [1.54, 1.807) is 0 Å². The van der Waals surface area contributed by atoms with Crippen LogP contribution in [0, 0.1) is 5.92 Å². The van der Waals surface area contributed by atoms with Crippen LogP contribution in [0.4, 0.5) is 0 Å². The number of rotatable bonds is 5.